The third-order valence-electron chi connectivity index (χ3n) is 8.70. The van der Waals surface area contributed by atoms with Crippen LogP contribution in [-0.4, -0.2) is 24.9 Å². The van der Waals surface area contributed by atoms with Crippen LogP contribution in [0.2, 0.25) is 0 Å². The second-order valence-corrected chi connectivity index (χ2v) is 11.4. The molecule has 0 radical (unpaired) electrons. The van der Waals surface area contributed by atoms with Crippen LogP contribution in [0.1, 0.15) is 36.1 Å². The fourth-order valence-electron chi connectivity index (χ4n) is 6.62. The first-order chi connectivity index (χ1) is 21.7. The Kier molecular flexibility index (Phi) is 6.63. The van der Waals surface area contributed by atoms with Gasteiger partial charge in [0.1, 0.15) is 11.4 Å². The summed E-state index contributed by atoms with van der Waals surface area (Å²) in [7, 11) is 0. The minimum Gasteiger partial charge on any atom is -0.364 e. The monoisotopic (exact) mass is 593 g/mol. The number of benzene rings is 4. The highest BCUT2D eigenvalue weighted by Crippen LogP contribution is 2.35. The van der Waals surface area contributed by atoms with Gasteiger partial charge in [0.25, 0.3) is 11.8 Å². The average Bonchev–Trinajstić information content (AvgIpc) is 3.78. The predicted octanol–water partition coefficient (Wildman–Crippen LogP) is 3.14. The van der Waals surface area contributed by atoms with Crippen LogP contribution in [0.4, 0.5) is 11.4 Å². The molecule has 9 nitrogen and oxygen atoms in total. The summed E-state index contributed by atoms with van der Waals surface area (Å²) in [5.74, 6) is -0.661. The molecule has 4 aliphatic heterocycles. The molecule has 4 aromatic carbocycles. The van der Waals surface area contributed by atoms with Gasteiger partial charge in [-0.05, 0) is 74.2 Å². The zero-order chi connectivity index (χ0) is 31.6. The summed E-state index contributed by atoms with van der Waals surface area (Å²) in [5.41, 5.74) is 23.9. The Balaban J connectivity index is 0.000000146. The van der Waals surface area contributed by atoms with Crippen molar-refractivity contribution in [2.75, 3.05) is 13.1 Å². The molecule has 0 spiro atoms. The van der Waals surface area contributed by atoms with Gasteiger partial charge in [-0.1, -0.05) is 36.4 Å². The lowest BCUT2D eigenvalue weighted by Crippen LogP contribution is -2.29. The Hall–Kier alpha value is -5.54. The number of hydrogen-bond donors (Lipinski definition) is 3. The molecule has 0 unspecified atom stereocenters. The predicted molar refractivity (Wildman–Crippen MR) is 174 cm³/mol. The van der Waals surface area contributed by atoms with Gasteiger partial charge in [-0.3, -0.25) is 9.59 Å². The maximum Gasteiger partial charge on any atom is 0.270 e. The van der Waals surface area contributed by atoms with Gasteiger partial charge in [0.2, 0.25) is 0 Å². The quantitative estimate of drug-likeness (QED) is 0.288. The molecule has 0 aromatic heterocycles. The number of carbonyl (C=O) groups is 2. The molecule has 0 saturated carbocycles. The van der Waals surface area contributed by atoms with Gasteiger partial charge in [0.05, 0.1) is 32.8 Å². The molecule has 0 atom stereocenters. The van der Waals surface area contributed by atoms with Crippen LogP contribution in [0.5, 0.6) is 0 Å². The first kappa shape index (κ1) is 28.2. The van der Waals surface area contributed by atoms with Crippen molar-refractivity contribution in [2.24, 2.45) is 31.4 Å². The lowest BCUT2D eigenvalue weighted by molar-refractivity contribution is -0.117. The molecular formula is C36H31N7O2. The van der Waals surface area contributed by atoms with Crippen molar-refractivity contribution in [3.05, 3.63) is 116 Å². The molecule has 0 saturated heterocycles. The van der Waals surface area contributed by atoms with Crippen LogP contribution < -0.4 is 38.2 Å². The summed E-state index contributed by atoms with van der Waals surface area (Å²) in [4.78, 5) is 42.3. The van der Waals surface area contributed by atoms with E-state index in [0.29, 0.717) is 24.5 Å². The van der Waals surface area contributed by atoms with E-state index in [2.05, 4.69) is 27.4 Å². The van der Waals surface area contributed by atoms with Gasteiger partial charge in [-0.25, -0.2) is 20.0 Å². The van der Waals surface area contributed by atoms with Gasteiger partial charge >= 0.3 is 0 Å². The first-order valence-electron chi connectivity index (χ1n) is 14.8. The minimum absolute atomic E-state index is 0.175. The third-order valence-corrected chi connectivity index (χ3v) is 8.70. The van der Waals surface area contributed by atoms with E-state index in [1.165, 1.54) is 0 Å². The Labute approximate surface area is 259 Å². The van der Waals surface area contributed by atoms with Gasteiger partial charge in [-0.15, -0.1) is 0 Å². The maximum absolute atomic E-state index is 12.3. The summed E-state index contributed by atoms with van der Waals surface area (Å²) >= 11 is 0. The Morgan fingerprint density at radius 1 is 0.667 bits per heavy atom. The molecule has 2 amide bonds. The van der Waals surface area contributed by atoms with Crippen molar-refractivity contribution in [3.8, 4) is 22.3 Å². The molecule has 0 bridgehead atoms. The van der Waals surface area contributed by atoms with E-state index in [4.69, 9.17) is 21.5 Å². The van der Waals surface area contributed by atoms with E-state index in [1.54, 1.807) is 0 Å². The highest BCUT2D eigenvalue weighted by molar-refractivity contribution is 6.02. The number of carbonyl (C=O) groups excluding carboxylic acids is 2. The maximum atomic E-state index is 12.3. The summed E-state index contributed by atoms with van der Waals surface area (Å²) in [6.45, 7) is 8.75. The van der Waals surface area contributed by atoms with Gasteiger partial charge in [0.15, 0.2) is 0 Å². The van der Waals surface area contributed by atoms with E-state index in [1.807, 2.05) is 76.2 Å². The van der Waals surface area contributed by atoms with Crippen molar-refractivity contribution in [3.63, 3.8) is 0 Å². The van der Waals surface area contributed by atoms with Crippen LogP contribution in [0.25, 0.3) is 33.4 Å². The number of nitrogens with two attached hydrogens (primary N) is 2. The van der Waals surface area contributed by atoms with Crippen molar-refractivity contribution >= 4 is 34.3 Å². The SMILES string of the molecule is CC1=C(C(=O)NCCN)N=c2cc3c(c(C)c21)=Nc1ccccc1-3.CC1=C(C(N)=O)N=c2cc3c(c(C)c21)=Nc1ccccc1-3. The van der Waals surface area contributed by atoms with Gasteiger partial charge in [-0.2, -0.15) is 0 Å². The number of fused-ring (bicyclic) bond motifs is 8. The van der Waals surface area contributed by atoms with Gasteiger partial charge < -0.3 is 16.8 Å². The van der Waals surface area contributed by atoms with E-state index in [9.17, 15) is 9.59 Å². The number of hydrogen-bond acceptors (Lipinski definition) is 7. The Bertz CT molecular complexity index is 2350. The molecule has 9 heteroatoms. The molecule has 222 valence electrons. The number of amides is 2. The van der Waals surface area contributed by atoms with E-state index >= 15 is 0 Å². The first-order valence-corrected chi connectivity index (χ1v) is 14.8. The van der Waals surface area contributed by atoms with Crippen LogP contribution in [0.3, 0.4) is 0 Å². The minimum atomic E-state index is -0.486. The van der Waals surface area contributed by atoms with E-state index in [-0.39, 0.29) is 5.91 Å². The number of nitrogens with zero attached hydrogens (tertiary/aromatic N) is 4. The fraction of sp³-hybridized carbons (Fsp3) is 0.167. The normalized spacial score (nSPS) is 14.0. The molecular weight excluding hydrogens is 562 g/mol. The fourth-order valence-corrected chi connectivity index (χ4v) is 6.62. The molecule has 4 aliphatic rings. The summed E-state index contributed by atoms with van der Waals surface area (Å²) in [5, 5.41) is 6.39. The molecule has 8 rings (SSSR count). The molecule has 4 aromatic rings. The zero-order valence-corrected chi connectivity index (χ0v) is 25.4. The Morgan fingerprint density at radius 2 is 1.13 bits per heavy atom. The van der Waals surface area contributed by atoms with Crippen LogP contribution in [0.15, 0.2) is 92.0 Å². The largest absolute Gasteiger partial charge is 0.364 e. The molecule has 45 heavy (non-hydrogen) atoms. The number of primary amides is 1. The topological polar surface area (TPSA) is 148 Å². The zero-order valence-electron chi connectivity index (χ0n) is 25.4. The Morgan fingerprint density at radius 3 is 1.62 bits per heavy atom. The van der Waals surface area contributed by atoms with Gasteiger partial charge in [0, 0.05) is 46.5 Å². The molecule has 4 heterocycles. The van der Waals surface area contributed by atoms with E-state index in [0.717, 1.165) is 88.5 Å². The molecule has 0 aliphatic carbocycles. The third kappa shape index (κ3) is 4.35. The lowest BCUT2D eigenvalue weighted by Gasteiger charge is -2.06. The highest BCUT2D eigenvalue weighted by Gasteiger charge is 2.26. The van der Waals surface area contributed by atoms with Crippen molar-refractivity contribution in [2.45, 2.75) is 27.7 Å². The summed E-state index contributed by atoms with van der Waals surface area (Å²) in [6, 6.07) is 20.2. The smallest absolute Gasteiger partial charge is 0.270 e. The van der Waals surface area contributed by atoms with Crippen molar-refractivity contribution in [1.29, 1.82) is 0 Å². The van der Waals surface area contributed by atoms with E-state index < -0.39 is 5.91 Å². The lowest BCUT2D eigenvalue weighted by atomic mass is 9.96. The molecule has 5 N–H and O–H groups in total. The summed E-state index contributed by atoms with van der Waals surface area (Å²) in [6.07, 6.45) is 0. The van der Waals surface area contributed by atoms with Crippen molar-refractivity contribution in [1.82, 2.24) is 5.32 Å². The molecule has 0 fully saturated rings. The number of rotatable bonds is 4. The average molecular weight is 594 g/mol. The van der Waals surface area contributed by atoms with Crippen LogP contribution >= 0.6 is 0 Å². The standard InChI is InChI=1S/C19H18N4O.C17H13N3O/c1-10-16-11(2)18(19(24)21-8-7-20)23-15(16)9-13-12-5-3-4-6-14(12)22-17(10)13;1-8-14-9(2)16(17(18)21)20-13(14)7-11-10-5-3-4-6-12(10)19-15(8)11/h3-6,9H,7-8,20H2,1-2H3,(H,21,24);3-7H,1-2H3,(H2,18,21). The summed E-state index contributed by atoms with van der Waals surface area (Å²) < 4.78 is 0. The number of nitrogens with one attached hydrogen (secondary N) is 1. The second kappa shape index (κ2) is 10.6. The van der Waals surface area contributed by atoms with Crippen LogP contribution in [0, 0.1) is 13.8 Å². The second-order valence-electron chi connectivity index (χ2n) is 11.4. The van der Waals surface area contributed by atoms with Crippen LogP contribution in [-0.2, 0) is 9.59 Å². The number of para-hydroxylation sites is 2. The number of allylic oxidation sites excluding steroid dienone is 2. The van der Waals surface area contributed by atoms with Crippen molar-refractivity contribution < 1.29 is 9.59 Å². The highest BCUT2D eigenvalue weighted by atomic mass is 16.2.